The Morgan fingerprint density at radius 2 is 2.31 bits per heavy atom. The zero-order valence-electron chi connectivity index (χ0n) is 8.93. The second-order valence-electron chi connectivity index (χ2n) is 3.22. The van der Waals surface area contributed by atoms with Gasteiger partial charge in [-0.05, 0) is 18.2 Å². The topological polar surface area (TPSA) is 73.3 Å². The van der Waals surface area contributed by atoms with Crippen LogP contribution in [0, 0.1) is 0 Å². The van der Waals surface area contributed by atoms with E-state index in [-0.39, 0.29) is 0 Å². The Hall–Kier alpha value is -2.17. The maximum Gasteiger partial charge on any atom is 0.215 e. The smallest absolute Gasteiger partial charge is 0.215 e. The Morgan fingerprint density at radius 3 is 3.00 bits per heavy atom. The molecule has 0 aliphatic rings. The molecule has 0 aliphatic carbocycles. The molecule has 84 valence electrons. The fourth-order valence-corrected chi connectivity index (χ4v) is 1.29. The van der Waals surface area contributed by atoms with Gasteiger partial charge in [0.05, 0.1) is 25.6 Å². The fourth-order valence-electron chi connectivity index (χ4n) is 1.29. The fraction of sp³-hybridized carbons (Fsp3) is 0.182. The summed E-state index contributed by atoms with van der Waals surface area (Å²) in [5, 5.41) is 3.08. The van der Waals surface area contributed by atoms with Crippen LogP contribution in [0.25, 0.3) is 0 Å². The number of rotatable bonds is 4. The Morgan fingerprint density at radius 1 is 1.44 bits per heavy atom. The van der Waals surface area contributed by atoms with E-state index in [0.717, 1.165) is 5.76 Å². The maximum absolute atomic E-state index is 5.77. The second-order valence-corrected chi connectivity index (χ2v) is 3.22. The SMILES string of the molecule is COc1ccc(N)c(NCc2ccco2)n1. The summed E-state index contributed by atoms with van der Waals surface area (Å²) >= 11 is 0. The lowest BCUT2D eigenvalue weighted by Gasteiger charge is -2.08. The molecule has 0 fully saturated rings. The van der Waals surface area contributed by atoms with E-state index in [1.165, 1.54) is 0 Å². The van der Waals surface area contributed by atoms with Gasteiger partial charge in [0.2, 0.25) is 5.88 Å². The number of aromatic nitrogens is 1. The molecule has 0 aromatic carbocycles. The molecule has 2 rings (SSSR count). The Kier molecular flexibility index (Phi) is 2.95. The number of anilines is 2. The second kappa shape index (κ2) is 4.57. The van der Waals surface area contributed by atoms with Crippen molar-refractivity contribution in [3.63, 3.8) is 0 Å². The number of pyridine rings is 1. The average Bonchev–Trinajstić information content (AvgIpc) is 2.81. The molecule has 0 spiro atoms. The minimum Gasteiger partial charge on any atom is -0.481 e. The van der Waals surface area contributed by atoms with Gasteiger partial charge < -0.3 is 20.2 Å². The molecule has 2 heterocycles. The van der Waals surface area contributed by atoms with E-state index in [1.54, 1.807) is 25.5 Å². The maximum atomic E-state index is 5.77. The molecule has 0 atom stereocenters. The number of ether oxygens (including phenoxy) is 1. The van der Waals surface area contributed by atoms with E-state index in [4.69, 9.17) is 14.9 Å². The lowest BCUT2D eigenvalue weighted by atomic mass is 10.3. The van der Waals surface area contributed by atoms with Gasteiger partial charge in [-0.1, -0.05) is 0 Å². The molecule has 0 radical (unpaired) electrons. The third-order valence-electron chi connectivity index (χ3n) is 2.12. The van der Waals surface area contributed by atoms with Gasteiger partial charge in [0.15, 0.2) is 5.82 Å². The molecule has 5 heteroatoms. The third-order valence-corrected chi connectivity index (χ3v) is 2.12. The van der Waals surface area contributed by atoms with Crippen molar-refractivity contribution in [2.75, 3.05) is 18.2 Å². The highest BCUT2D eigenvalue weighted by atomic mass is 16.5. The highest BCUT2D eigenvalue weighted by molar-refractivity contribution is 5.61. The Bertz CT molecular complexity index is 454. The molecule has 0 saturated carbocycles. The van der Waals surface area contributed by atoms with Crippen molar-refractivity contribution in [3.8, 4) is 5.88 Å². The van der Waals surface area contributed by atoms with Crippen LogP contribution in [-0.2, 0) is 6.54 Å². The summed E-state index contributed by atoms with van der Waals surface area (Å²) in [6.45, 7) is 0.539. The number of nitrogens with zero attached hydrogens (tertiary/aromatic N) is 1. The van der Waals surface area contributed by atoms with Gasteiger partial charge in [-0.3, -0.25) is 0 Å². The number of hydrogen-bond donors (Lipinski definition) is 2. The first-order valence-electron chi connectivity index (χ1n) is 4.86. The average molecular weight is 219 g/mol. The number of nitrogen functional groups attached to an aromatic ring is 1. The number of methoxy groups -OCH3 is 1. The minimum absolute atomic E-state index is 0.524. The molecule has 16 heavy (non-hydrogen) atoms. The summed E-state index contributed by atoms with van der Waals surface area (Å²) in [5.41, 5.74) is 6.35. The van der Waals surface area contributed by atoms with Crippen LogP contribution in [0.3, 0.4) is 0 Å². The van der Waals surface area contributed by atoms with Gasteiger partial charge in [0.25, 0.3) is 0 Å². The largest absolute Gasteiger partial charge is 0.481 e. The van der Waals surface area contributed by atoms with Crippen molar-refractivity contribution in [2.24, 2.45) is 0 Å². The molecule has 2 aromatic rings. The van der Waals surface area contributed by atoms with Crippen LogP contribution in [0.15, 0.2) is 34.9 Å². The molecule has 0 aliphatic heterocycles. The summed E-state index contributed by atoms with van der Waals surface area (Å²) in [5.74, 6) is 1.94. The van der Waals surface area contributed by atoms with Crippen molar-refractivity contribution >= 4 is 11.5 Å². The molecular formula is C11H13N3O2. The van der Waals surface area contributed by atoms with Crippen molar-refractivity contribution in [2.45, 2.75) is 6.54 Å². The number of furan rings is 1. The van der Waals surface area contributed by atoms with E-state index >= 15 is 0 Å². The predicted octanol–water partition coefficient (Wildman–Crippen LogP) is 1.88. The van der Waals surface area contributed by atoms with Crippen molar-refractivity contribution < 1.29 is 9.15 Å². The molecule has 3 N–H and O–H groups in total. The first-order valence-corrected chi connectivity index (χ1v) is 4.86. The van der Waals surface area contributed by atoms with E-state index in [9.17, 15) is 0 Å². The zero-order chi connectivity index (χ0) is 11.4. The lowest BCUT2D eigenvalue weighted by molar-refractivity contribution is 0.398. The van der Waals surface area contributed by atoms with Crippen LogP contribution in [0.2, 0.25) is 0 Å². The summed E-state index contributed by atoms with van der Waals surface area (Å²) in [6.07, 6.45) is 1.62. The predicted molar refractivity (Wildman–Crippen MR) is 61.2 cm³/mol. The van der Waals surface area contributed by atoms with Crippen LogP contribution in [-0.4, -0.2) is 12.1 Å². The molecule has 0 unspecified atom stereocenters. The Labute approximate surface area is 93.2 Å². The molecule has 0 amide bonds. The van der Waals surface area contributed by atoms with Gasteiger partial charge in [0, 0.05) is 6.07 Å². The van der Waals surface area contributed by atoms with Crippen molar-refractivity contribution in [1.29, 1.82) is 0 Å². The van der Waals surface area contributed by atoms with Crippen LogP contribution >= 0.6 is 0 Å². The van der Waals surface area contributed by atoms with Gasteiger partial charge in [-0.2, -0.15) is 4.98 Å². The van der Waals surface area contributed by atoms with Gasteiger partial charge in [-0.15, -0.1) is 0 Å². The minimum atomic E-state index is 0.524. The quantitative estimate of drug-likeness (QED) is 0.821. The molecule has 5 nitrogen and oxygen atoms in total. The van der Waals surface area contributed by atoms with Crippen LogP contribution in [0.5, 0.6) is 5.88 Å². The molecule has 0 saturated heterocycles. The van der Waals surface area contributed by atoms with E-state index in [2.05, 4.69) is 10.3 Å². The first kappa shape index (κ1) is 10.4. The molecule has 2 aromatic heterocycles. The number of nitrogens with two attached hydrogens (primary N) is 1. The van der Waals surface area contributed by atoms with Crippen LogP contribution < -0.4 is 15.8 Å². The van der Waals surface area contributed by atoms with Gasteiger partial charge >= 0.3 is 0 Å². The standard InChI is InChI=1S/C11H13N3O2/c1-15-10-5-4-9(12)11(14-10)13-7-8-3-2-6-16-8/h2-6H,7,12H2,1H3,(H,13,14). The van der Waals surface area contributed by atoms with E-state index in [0.29, 0.717) is 23.9 Å². The summed E-state index contributed by atoms with van der Waals surface area (Å²) in [4.78, 5) is 4.19. The highest BCUT2D eigenvalue weighted by Crippen LogP contribution is 2.20. The lowest BCUT2D eigenvalue weighted by Crippen LogP contribution is -2.04. The first-order chi connectivity index (χ1) is 7.79. The molecule has 0 bridgehead atoms. The third kappa shape index (κ3) is 2.25. The normalized spacial score (nSPS) is 10.1. The van der Waals surface area contributed by atoms with Crippen molar-refractivity contribution in [1.82, 2.24) is 4.98 Å². The highest BCUT2D eigenvalue weighted by Gasteiger charge is 2.03. The van der Waals surface area contributed by atoms with E-state index in [1.807, 2.05) is 12.1 Å². The van der Waals surface area contributed by atoms with Gasteiger partial charge in [-0.25, -0.2) is 0 Å². The Balaban J connectivity index is 2.08. The summed E-state index contributed by atoms with van der Waals surface area (Å²) in [6, 6.07) is 7.17. The van der Waals surface area contributed by atoms with Gasteiger partial charge in [0.1, 0.15) is 5.76 Å². The molecular weight excluding hydrogens is 206 g/mol. The zero-order valence-corrected chi connectivity index (χ0v) is 8.93. The summed E-state index contributed by atoms with van der Waals surface area (Å²) < 4.78 is 10.2. The monoisotopic (exact) mass is 219 g/mol. The van der Waals surface area contributed by atoms with E-state index < -0.39 is 0 Å². The van der Waals surface area contributed by atoms with Crippen molar-refractivity contribution in [3.05, 3.63) is 36.3 Å². The number of hydrogen-bond acceptors (Lipinski definition) is 5. The summed E-state index contributed by atoms with van der Waals surface area (Å²) in [7, 11) is 1.56. The van der Waals surface area contributed by atoms with Crippen LogP contribution in [0.1, 0.15) is 5.76 Å². The van der Waals surface area contributed by atoms with Crippen LogP contribution in [0.4, 0.5) is 11.5 Å². The number of nitrogens with one attached hydrogen (secondary N) is 1.